The molecule has 98 valence electrons. The number of pyridine rings is 1. The molecule has 0 aliphatic carbocycles. The van der Waals surface area contributed by atoms with Gasteiger partial charge in [0.15, 0.2) is 0 Å². The van der Waals surface area contributed by atoms with E-state index in [9.17, 15) is 4.79 Å². The Bertz CT molecular complexity index is 641. The predicted molar refractivity (Wildman–Crippen MR) is 80.2 cm³/mol. The molecule has 0 fully saturated rings. The minimum absolute atomic E-state index is 0.254. The minimum atomic E-state index is -0.254. The number of rotatable bonds is 2. The first-order valence-corrected chi connectivity index (χ1v) is 6.56. The number of nitrogens with one attached hydrogen (secondary N) is 1. The second kappa shape index (κ2) is 5.40. The number of hydrogen-bond donors (Lipinski definition) is 2. The Kier molecular flexibility index (Phi) is 3.85. The summed E-state index contributed by atoms with van der Waals surface area (Å²) in [7, 11) is 0. The molecule has 0 saturated heterocycles. The van der Waals surface area contributed by atoms with Crippen LogP contribution in [0.2, 0.25) is 0 Å². The average molecular weight is 320 g/mol. The normalized spacial score (nSPS) is 10.3. The Morgan fingerprint density at radius 1 is 1.32 bits per heavy atom. The van der Waals surface area contributed by atoms with Crippen molar-refractivity contribution in [1.29, 1.82) is 0 Å². The van der Waals surface area contributed by atoms with Crippen molar-refractivity contribution in [2.24, 2.45) is 0 Å². The van der Waals surface area contributed by atoms with Gasteiger partial charge in [0, 0.05) is 27.7 Å². The summed E-state index contributed by atoms with van der Waals surface area (Å²) in [5.74, 6) is -0.254. The fourth-order valence-corrected chi connectivity index (χ4v) is 2.20. The molecular weight excluding hydrogens is 306 g/mol. The minimum Gasteiger partial charge on any atom is -0.398 e. The number of anilines is 2. The molecule has 2 rings (SSSR count). The van der Waals surface area contributed by atoms with Gasteiger partial charge in [-0.15, -0.1) is 0 Å². The molecule has 1 aromatic heterocycles. The predicted octanol–water partition coefficient (Wildman–Crippen LogP) is 3.30. The van der Waals surface area contributed by atoms with E-state index in [0.717, 1.165) is 21.4 Å². The summed E-state index contributed by atoms with van der Waals surface area (Å²) in [6.45, 7) is 3.76. The first-order valence-electron chi connectivity index (χ1n) is 5.77. The summed E-state index contributed by atoms with van der Waals surface area (Å²) < 4.78 is 0.972. The third-order valence-electron chi connectivity index (χ3n) is 2.75. The van der Waals surface area contributed by atoms with Crippen LogP contribution in [0.1, 0.15) is 21.6 Å². The van der Waals surface area contributed by atoms with Crippen LogP contribution in [0, 0.1) is 13.8 Å². The zero-order chi connectivity index (χ0) is 14.0. The molecule has 1 aromatic carbocycles. The molecule has 0 radical (unpaired) electrons. The van der Waals surface area contributed by atoms with Gasteiger partial charge in [0.2, 0.25) is 0 Å². The van der Waals surface area contributed by atoms with Crippen LogP contribution >= 0.6 is 15.9 Å². The number of nitrogens with zero attached hydrogens (tertiary/aromatic N) is 1. The van der Waals surface area contributed by atoms with Crippen LogP contribution in [0.25, 0.3) is 0 Å². The number of aromatic nitrogens is 1. The zero-order valence-electron chi connectivity index (χ0n) is 10.7. The number of benzene rings is 1. The molecule has 1 heterocycles. The molecule has 4 nitrogen and oxygen atoms in total. The van der Waals surface area contributed by atoms with E-state index in [0.29, 0.717) is 11.3 Å². The van der Waals surface area contributed by atoms with Crippen molar-refractivity contribution in [2.75, 3.05) is 11.1 Å². The number of aryl methyl sites for hydroxylation is 2. The smallest absolute Gasteiger partial charge is 0.259 e. The Morgan fingerprint density at radius 2 is 2.05 bits per heavy atom. The van der Waals surface area contributed by atoms with Crippen LogP contribution < -0.4 is 11.1 Å². The highest BCUT2D eigenvalue weighted by atomic mass is 79.9. The average Bonchev–Trinajstić information content (AvgIpc) is 2.32. The van der Waals surface area contributed by atoms with Crippen LogP contribution in [0.4, 0.5) is 11.4 Å². The highest BCUT2D eigenvalue weighted by Gasteiger charge is 2.11. The second-order valence-electron chi connectivity index (χ2n) is 4.33. The van der Waals surface area contributed by atoms with Crippen LogP contribution in [0.5, 0.6) is 0 Å². The molecule has 5 heteroatoms. The molecule has 0 aliphatic heterocycles. The van der Waals surface area contributed by atoms with Gasteiger partial charge in [-0.1, -0.05) is 15.9 Å². The summed E-state index contributed by atoms with van der Waals surface area (Å²) in [4.78, 5) is 16.2. The van der Waals surface area contributed by atoms with Gasteiger partial charge in [0.25, 0.3) is 5.91 Å². The number of halogens is 1. The van der Waals surface area contributed by atoms with Crippen LogP contribution in [0.3, 0.4) is 0 Å². The van der Waals surface area contributed by atoms with Crippen molar-refractivity contribution in [3.8, 4) is 0 Å². The molecule has 0 spiro atoms. The summed E-state index contributed by atoms with van der Waals surface area (Å²) >= 11 is 3.38. The van der Waals surface area contributed by atoms with Gasteiger partial charge in [-0.3, -0.25) is 9.78 Å². The molecule has 0 unspecified atom stereocenters. The van der Waals surface area contributed by atoms with Crippen LogP contribution in [0.15, 0.2) is 34.9 Å². The van der Waals surface area contributed by atoms with Gasteiger partial charge in [0.05, 0.1) is 5.56 Å². The van der Waals surface area contributed by atoms with Crippen LogP contribution in [-0.2, 0) is 0 Å². The van der Waals surface area contributed by atoms with Gasteiger partial charge in [-0.2, -0.15) is 0 Å². The number of hydrogen-bond acceptors (Lipinski definition) is 3. The zero-order valence-corrected chi connectivity index (χ0v) is 12.3. The second-order valence-corrected chi connectivity index (χ2v) is 5.24. The van der Waals surface area contributed by atoms with E-state index in [1.807, 2.05) is 32.0 Å². The lowest BCUT2D eigenvalue weighted by molar-refractivity contribution is 0.102. The van der Waals surface area contributed by atoms with E-state index in [1.54, 1.807) is 6.07 Å². The topological polar surface area (TPSA) is 68.0 Å². The highest BCUT2D eigenvalue weighted by molar-refractivity contribution is 9.10. The summed E-state index contributed by atoms with van der Waals surface area (Å²) in [6.07, 6.45) is 1.49. The number of carbonyl (C=O) groups is 1. The number of amides is 1. The van der Waals surface area contributed by atoms with Gasteiger partial charge in [-0.05, 0) is 43.7 Å². The SMILES string of the molecule is Cc1cc(N)c(C(=O)Nc2ccc(Br)cc2C)cn1. The van der Waals surface area contributed by atoms with E-state index < -0.39 is 0 Å². The van der Waals surface area contributed by atoms with Crippen LogP contribution in [-0.4, -0.2) is 10.9 Å². The molecule has 0 aliphatic rings. The van der Waals surface area contributed by atoms with Crippen molar-refractivity contribution in [2.45, 2.75) is 13.8 Å². The third-order valence-corrected chi connectivity index (χ3v) is 3.25. The molecule has 2 aromatic rings. The Labute approximate surface area is 120 Å². The van der Waals surface area contributed by atoms with Gasteiger partial charge >= 0.3 is 0 Å². The van der Waals surface area contributed by atoms with E-state index in [4.69, 9.17) is 5.73 Å². The van der Waals surface area contributed by atoms with Gasteiger partial charge < -0.3 is 11.1 Å². The highest BCUT2D eigenvalue weighted by Crippen LogP contribution is 2.21. The van der Waals surface area contributed by atoms with E-state index in [2.05, 4.69) is 26.2 Å². The van der Waals surface area contributed by atoms with Crippen molar-refractivity contribution in [3.63, 3.8) is 0 Å². The quantitative estimate of drug-likeness (QED) is 0.892. The maximum Gasteiger partial charge on any atom is 0.259 e. The lowest BCUT2D eigenvalue weighted by atomic mass is 10.1. The molecule has 19 heavy (non-hydrogen) atoms. The standard InChI is InChI=1S/C14H14BrN3O/c1-8-5-10(15)3-4-13(8)18-14(19)11-7-17-9(2)6-12(11)16/h3-7H,1-2H3,(H2,16,17)(H,18,19). The molecule has 0 saturated carbocycles. The number of nitrogen functional groups attached to an aromatic ring is 1. The third kappa shape index (κ3) is 3.12. The molecule has 1 amide bonds. The maximum absolute atomic E-state index is 12.1. The van der Waals surface area contributed by atoms with E-state index in [1.165, 1.54) is 6.20 Å². The molecule has 3 N–H and O–H groups in total. The largest absolute Gasteiger partial charge is 0.398 e. The lowest BCUT2D eigenvalue weighted by Crippen LogP contribution is -2.15. The summed E-state index contributed by atoms with van der Waals surface area (Å²) in [5.41, 5.74) is 9.16. The Hall–Kier alpha value is -1.88. The summed E-state index contributed by atoms with van der Waals surface area (Å²) in [6, 6.07) is 7.34. The summed E-state index contributed by atoms with van der Waals surface area (Å²) in [5, 5.41) is 2.83. The van der Waals surface area contributed by atoms with Crippen molar-refractivity contribution >= 4 is 33.2 Å². The molecule has 0 bridgehead atoms. The van der Waals surface area contributed by atoms with E-state index in [-0.39, 0.29) is 5.91 Å². The fourth-order valence-electron chi connectivity index (χ4n) is 1.73. The fraction of sp³-hybridized carbons (Fsp3) is 0.143. The molecule has 0 atom stereocenters. The van der Waals surface area contributed by atoms with Gasteiger partial charge in [-0.25, -0.2) is 0 Å². The Balaban J connectivity index is 2.25. The van der Waals surface area contributed by atoms with Gasteiger partial charge in [0.1, 0.15) is 0 Å². The number of nitrogens with two attached hydrogens (primary N) is 1. The lowest BCUT2D eigenvalue weighted by Gasteiger charge is -2.10. The molecular formula is C14H14BrN3O. The van der Waals surface area contributed by atoms with Crippen molar-refractivity contribution in [1.82, 2.24) is 4.98 Å². The van der Waals surface area contributed by atoms with E-state index >= 15 is 0 Å². The Morgan fingerprint density at radius 3 is 2.68 bits per heavy atom. The van der Waals surface area contributed by atoms with Crippen molar-refractivity contribution in [3.05, 3.63) is 51.8 Å². The first-order chi connectivity index (χ1) is 8.97. The number of carbonyl (C=O) groups excluding carboxylic acids is 1. The first kappa shape index (κ1) is 13.5. The monoisotopic (exact) mass is 319 g/mol. The maximum atomic E-state index is 12.1. The van der Waals surface area contributed by atoms with Crippen molar-refractivity contribution < 1.29 is 4.79 Å².